The molecule has 0 aliphatic rings. The topological polar surface area (TPSA) is 98.4 Å². The van der Waals surface area contributed by atoms with Gasteiger partial charge in [0.15, 0.2) is 0 Å². The number of pyridine rings is 1. The van der Waals surface area contributed by atoms with E-state index >= 15 is 0 Å². The Labute approximate surface area is 217 Å². The molecule has 0 saturated heterocycles. The Morgan fingerprint density at radius 3 is 2.72 bits per heavy atom. The minimum Gasteiger partial charge on any atom is -0.387 e. The summed E-state index contributed by atoms with van der Waals surface area (Å²) in [6.07, 6.45) is 0.817. The molecule has 0 radical (unpaired) electrons. The van der Waals surface area contributed by atoms with Crippen LogP contribution >= 0.6 is 22.9 Å². The van der Waals surface area contributed by atoms with Gasteiger partial charge in [-0.1, -0.05) is 35.9 Å². The predicted molar refractivity (Wildman–Crippen MR) is 142 cm³/mol. The Balaban J connectivity index is 1.47. The molecule has 2 N–H and O–H groups in total. The third kappa shape index (κ3) is 5.83. The van der Waals surface area contributed by atoms with E-state index in [-0.39, 0.29) is 17.5 Å². The number of amides is 1. The zero-order valence-electron chi connectivity index (χ0n) is 19.9. The van der Waals surface area contributed by atoms with Gasteiger partial charge in [0.1, 0.15) is 10.4 Å². The number of carbonyl (C=O) groups is 1. The van der Waals surface area contributed by atoms with Crippen LogP contribution < -0.4 is 10.7 Å². The van der Waals surface area contributed by atoms with Crippen molar-refractivity contribution in [3.05, 3.63) is 103 Å². The van der Waals surface area contributed by atoms with Gasteiger partial charge in [-0.3, -0.25) is 14.5 Å². The number of nitrogens with zero attached hydrogens (tertiary/aromatic N) is 3. The molecule has 9 heteroatoms. The maximum absolute atomic E-state index is 13.1. The van der Waals surface area contributed by atoms with E-state index in [1.807, 2.05) is 37.2 Å². The van der Waals surface area contributed by atoms with Crippen LogP contribution in [0.2, 0.25) is 5.02 Å². The number of fused-ring (bicyclic) bond motifs is 1. The first kappa shape index (κ1) is 25.6. The van der Waals surface area contributed by atoms with E-state index in [9.17, 15) is 14.7 Å². The van der Waals surface area contributed by atoms with Crippen molar-refractivity contribution in [2.45, 2.75) is 19.2 Å². The van der Waals surface area contributed by atoms with E-state index < -0.39 is 12.0 Å². The third-order valence-corrected chi connectivity index (χ3v) is 7.28. The second kappa shape index (κ2) is 11.1. The third-order valence-electron chi connectivity index (χ3n) is 5.82. The zero-order valence-corrected chi connectivity index (χ0v) is 21.4. The molecular formula is C27H25ClN4O3S. The lowest BCUT2D eigenvalue weighted by atomic mass is 10.1. The van der Waals surface area contributed by atoms with Crippen LogP contribution in [0.4, 0.5) is 0 Å². The van der Waals surface area contributed by atoms with Crippen LogP contribution in [0.1, 0.15) is 38.0 Å². The smallest absolute Gasteiger partial charge is 0.257 e. The fourth-order valence-electron chi connectivity index (χ4n) is 3.98. The van der Waals surface area contributed by atoms with E-state index in [1.165, 1.54) is 11.3 Å². The van der Waals surface area contributed by atoms with Gasteiger partial charge < -0.3 is 15.0 Å². The highest BCUT2D eigenvalue weighted by molar-refractivity contribution is 7.18. The number of nitrogens with one attached hydrogen (secondary N) is 1. The van der Waals surface area contributed by atoms with Gasteiger partial charge >= 0.3 is 0 Å². The maximum atomic E-state index is 13.1. The van der Waals surface area contributed by atoms with Gasteiger partial charge in [-0.05, 0) is 48.5 Å². The molecule has 0 aliphatic carbocycles. The van der Waals surface area contributed by atoms with Crippen LogP contribution in [-0.2, 0) is 20.1 Å². The van der Waals surface area contributed by atoms with E-state index in [4.69, 9.17) is 16.9 Å². The van der Waals surface area contributed by atoms with Crippen LogP contribution in [0, 0.1) is 11.3 Å². The number of hydrogen-bond acceptors (Lipinski definition) is 6. The Morgan fingerprint density at radius 1 is 1.25 bits per heavy atom. The molecule has 0 saturated carbocycles. The van der Waals surface area contributed by atoms with Gasteiger partial charge in [0.05, 0.1) is 23.1 Å². The first-order chi connectivity index (χ1) is 17.2. The van der Waals surface area contributed by atoms with E-state index in [0.29, 0.717) is 34.6 Å². The van der Waals surface area contributed by atoms with Crippen molar-refractivity contribution in [1.29, 1.82) is 5.26 Å². The summed E-state index contributed by atoms with van der Waals surface area (Å²) < 4.78 is 1.80. The van der Waals surface area contributed by atoms with Crippen molar-refractivity contribution in [2.24, 2.45) is 7.05 Å². The number of carbonyl (C=O) groups excluding carboxylic acids is 1. The Bertz CT molecular complexity index is 1500. The number of thiophene rings is 1. The summed E-state index contributed by atoms with van der Waals surface area (Å²) in [6, 6.07) is 18.0. The number of aliphatic hydroxyl groups excluding tert-OH is 1. The largest absolute Gasteiger partial charge is 0.387 e. The number of aromatic nitrogens is 1. The average Bonchev–Trinajstić information content (AvgIpc) is 3.30. The molecular weight excluding hydrogens is 496 g/mol. The summed E-state index contributed by atoms with van der Waals surface area (Å²) in [7, 11) is 3.70. The van der Waals surface area contributed by atoms with Crippen LogP contribution in [0.3, 0.4) is 0 Å². The van der Waals surface area contributed by atoms with Gasteiger partial charge in [0.2, 0.25) is 5.43 Å². The lowest BCUT2D eigenvalue weighted by molar-refractivity contribution is 0.0949. The number of aryl methyl sites for hydroxylation is 1. The second-order valence-electron chi connectivity index (χ2n) is 8.67. The number of rotatable bonds is 8. The highest BCUT2D eigenvalue weighted by Crippen LogP contribution is 2.25. The minimum atomic E-state index is -0.750. The summed E-state index contributed by atoms with van der Waals surface area (Å²) in [5.41, 5.74) is 1.84. The van der Waals surface area contributed by atoms with Gasteiger partial charge in [0, 0.05) is 42.8 Å². The number of halogens is 1. The number of nitriles is 1. The standard InChI is InChI=1S/C27H25ClN4O3S/c1-31(16-24(33)19-5-3-4-18(10-19)12-29)14-21-11-22-25(34)23(15-32(2)27(22)36-21)26(35)30-13-17-6-8-20(28)9-7-17/h3-11,15,24,33H,13-14,16H2,1-2H3,(H,30,35)/t24-/m0/s1. The summed E-state index contributed by atoms with van der Waals surface area (Å²) in [4.78, 5) is 29.6. The van der Waals surface area contributed by atoms with Crippen molar-refractivity contribution < 1.29 is 9.90 Å². The molecule has 0 unspecified atom stereocenters. The van der Waals surface area contributed by atoms with Crippen LogP contribution in [-0.4, -0.2) is 34.1 Å². The molecule has 1 amide bonds. The fourth-order valence-corrected chi connectivity index (χ4v) is 5.27. The molecule has 2 aromatic heterocycles. The fraction of sp³-hybridized carbons (Fsp3) is 0.222. The normalized spacial score (nSPS) is 12.0. The van der Waals surface area contributed by atoms with Crippen LogP contribution in [0.25, 0.3) is 10.2 Å². The monoisotopic (exact) mass is 520 g/mol. The summed E-state index contributed by atoms with van der Waals surface area (Å²) >= 11 is 7.38. The predicted octanol–water partition coefficient (Wildman–Crippen LogP) is 4.22. The molecule has 7 nitrogen and oxygen atoms in total. The molecule has 1 atom stereocenters. The SMILES string of the molecule is CN(Cc1cc2c(=O)c(C(=O)NCc3ccc(Cl)cc3)cn(C)c2s1)C[C@H](O)c1cccc(C#N)c1. The average molecular weight is 521 g/mol. The lowest BCUT2D eigenvalue weighted by Crippen LogP contribution is -2.29. The maximum Gasteiger partial charge on any atom is 0.257 e. The quantitative estimate of drug-likeness (QED) is 0.362. The zero-order chi connectivity index (χ0) is 25.8. The molecule has 36 heavy (non-hydrogen) atoms. The lowest BCUT2D eigenvalue weighted by Gasteiger charge is -2.20. The molecule has 2 heterocycles. The van der Waals surface area contributed by atoms with Gasteiger partial charge in [0.25, 0.3) is 5.91 Å². The van der Waals surface area contributed by atoms with Crippen LogP contribution in [0.15, 0.2) is 65.6 Å². The van der Waals surface area contributed by atoms with E-state index in [0.717, 1.165) is 15.3 Å². The first-order valence-electron chi connectivity index (χ1n) is 11.3. The molecule has 0 fully saturated rings. The molecule has 184 valence electrons. The van der Waals surface area contributed by atoms with Crippen molar-refractivity contribution >= 4 is 39.1 Å². The molecule has 4 aromatic rings. The molecule has 0 bridgehead atoms. The van der Waals surface area contributed by atoms with Crippen molar-refractivity contribution in [1.82, 2.24) is 14.8 Å². The summed E-state index contributed by atoms with van der Waals surface area (Å²) in [6.45, 7) is 1.17. The van der Waals surface area contributed by atoms with E-state index in [2.05, 4.69) is 11.4 Å². The van der Waals surface area contributed by atoms with Gasteiger partial charge in [-0.15, -0.1) is 11.3 Å². The molecule has 4 rings (SSSR count). The highest BCUT2D eigenvalue weighted by atomic mass is 35.5. The number of benzene rings is 2. The van der Waals surface area contributed by atoms with Crippen LogP contribution in [0.5, 0.6) is 0 Å². The molecule has 0 aliphatic heterocycles. The van der Waals surface area contributed by atoms with E-state index in [1.54, 1.807) is 47.2 Å². The first-order valence-corrected chi connectivity index (χ1v) is 12.5. The van der Waals surface area contributed by atoms with Crippen molar-refractivity contribution in [3.8, 4) is 6.07 Å². The second-order valence-corrected chi connectivity index (χ2v) is 10.2. The Morgan fingerprint density at radius 2 is 2.00 bits per heavy atom. The van der Waals surface area contributed by atoms with Crippen molar-refractivity contribution in [3.63, 3.8) is 0 Å². The van der Waals surface area contributed by atoms with Crippen molar-refractivity contribution in [2.75, 3.05) is 13.6 Å². The Kier molecular flexibility index (Phi) is 7.87. The highest BCUT2D eigenvalue weighted by Gasteiger charge is 2.18. The van der Waals surface area contributed by atoms with Gasteiger partial charge in [-0.2, -0.15) is 5.26 Å². The summed E-state index contributed by atoms with van der Waals surface area (Å²) in [5, 5.41) is 23.6. The number of aliphatic hydroxyl groups is 1. The molecule has 2 aromatic carbocycles. The Hall–Kier alpha value is -3.48. The van der Waals surface area contributed by atoms with Gasteiger partial charge in [-0.25, -0.2) is 0 Å². The number of hydrogen-bond donors (Lipinski definition) is 2. The number of likely N-dealkylation sites (N-methyl/N-ethyl adjacent to an activating group) is 1. The molecule has 0 spiro atoms. The summed E-state index contributed by atoms with van der Waals surface area (Å²) in [5.74, 6) is -0.431. The minimum absolute atomic E-state index is 0.0875.